The van der Waals surface area contributed by atoms with Gasteiger partial charge in [-0.05, 0) is 31.8 Å². The van der Waals surface area contributed by atoms with Crippen LogP contribution >= 0.6 is 0 Å². The Kier molecular flexibility index (Phi) is 5.28. The zero-order chi connectivity index (χ0) is 13.8. The summed E-state index contributed by atoms with van der Waals surface area (Å²) in [5.41, 5.74) is 0.595. The Hall–Kier alpha value is -0.950. The number of nitrogens with zero attached hydrogens (tertiary/aromatic N) is 2. The van der Waals surface area contributed by atoms with Crippen LogP contribution in [0.2, 0.25) is 0 Å². The highest BCUT2D eigenvalue weighted by Crippen LogP contribution is 2.15. The SMILES string of the molecule is CN(C)CCN(C)S(=O)(=O)c1cccc(CO)c1. The summed E-state index contributed by atoms with van der Waals surface area (Å²) in [7, 11) is 1.88. The molecule has 5 nitrogen and oxygen atoms in total. The summed E-state index contributed by atoms with van der Waals surface area (Å²) in [6.45, 7) is 0.929. The van der Waals surface area contributed by atoms with Gasteiger partial charge in [-0.2, -0.15) is 4.31 Å². The largest absolute Gasteiger partial charge is 0.392 e. The molecule has 0 aliphatic carbocycles. The summed E-state index contributed by atoms with van der Waals surface area (Å²) >= 11 is 0. The molecule has 0 unspecified atom stereocenters. The lowest BCUT2D eigenvalue weighted by atomic mass is 10.2. The minimum Gasteiger partial charge on any atom is -0.392 e. The van der Waals surface area contributed by atoms with Crippen LogP contribution in [-0.4, -0.2) is 57.0 Å². The van der Waals surface area contributed by atoms with E-state index in [4.69, 9.17) is 5.11 Å². The molecule has 1 aromatic rings. The first-order valence-corrected chi connectivity index (χ1v) is 7.13. The highest BCUT2D eigenvalue weighted by molar-refractivity contribution is 7.89. The summed E-state index contributed by atoms with van der Waals surface area (Å²) in [6, 6.07) is 6.37. The predicted molar refractivity (Wildman–Crippen MR) is 70.7 cm³/mol. The molecular formula is C12H20N2O3S. The van der Waals surface area contributed by atoms with Crippen molar-refractivity contribution in [3.8, 4) is 0 Å². The third kappa shape index (κ3) is 3.78. The molecule has 0 spiro atoms. The summed E-state index contributed by atoms with van der Waals surface area (Å²) in [5, 5.41) is 9.03. The lowest BCUT2D eigenvalue weighted by Gasteiger charge is -2.19. The van der Waals surface area contributed by atoms with E-state index >= 15 is 0 Å². The molecule has 0 fully saturated rings. The van der Waals surface area contributed by atoms with Crippen molar-refractivity contribution in [2.75, 3.05) is 34.2 Å². The molecule has 0 saturated heterocycles. The van der Waals surface area contributed by atoms with E-state index in [0.717, 1.165) is 0 Å². The number of hydrogen-bond donors (Lipinski definition) is 1. The van der Waals surface area contributed by atoms with Gasteiger partial charge in [0.25, 0.3) is 0 Å². The predicted octanol–water partition coefficient (Wildman–Crippen LogP) is 0.361. The van der Waals surface area contributed by atoms with E-state index in [9.17, 15) is 8.42 Å². The maximum atomic E-state index is 12.2. The molecule has 0 atom stereocenters. The first-order chi connectivity index (χ1) is 8.37. The maximum Gasteiger partial charge on any atom is 0.242 e. The number of aliphatic hydroxyl groups is 1. The highest BCUT2D eigenvalue weighted by Gasteiger charge is 2.20. The molecule has 1 rings (SSSR count). The molecule has 0 aromatic heterocycles. The summed E-state index contributed by atoms with van der Waals surface area (Å²) in [6.07, 6.45) is 0. The average Bonchev–Trinajstić information content (AvgIpc) is 2.35. The standard InChI is InChI=1S/C12H20N2O3S/c1-13(2)7-8-14(3)18(16,17)12-6-4-5-11(9-12)10-15/h4-6,9,15H,7-8,10H2,1-3H3. The van der Waals surface area contributed by atoms with E-state index in [1.165, 1.54) is 10.4 Å². The zero-order valence-corrected chi connectivity index (χ0v) is 11.8. The first kappa shape index (κ1) is 15.1. The first-order valence-electron chi connectivity index (χ1n) is 5.69. The Morgan fingerprint density at radius 2 is 1.83 bits per heavy atom. The molecule has 1 aromatic carbocycles. The molecule has 0 heterocycles. The lowest BCUT2D eigenvalue weighted by Crippen LogP contribution is -2.33. The number of sulfonamides is 1. The van der Waals surface area contributed by atoms with Gasteiger partial charge in [0.1, 0.15) is 0 Å². The quantitative estimate of drug-likeness (QED) is 0.812. The van der Waals surface area contributed by atoms with Crippen molar-refractivity contribution in [3.05, 3.63) is 29.8 Å². The Balaban J connectivity index is 2.91. The fourth-order valence-corrected chi connectivity index (χ4v) is 2.68. The van der Waals surface area contributed by atoms with Gasteiger partial charge >= 0.3 is 0 Å². The van der Waals surface area contributed by atoms with E-state index in [1.54, 1.807) is 25.2 Å². The minimum atomic E-state index is -3.47. The van der Waals surface area contributed by atoms with Gasteiger partial charge < -0.3 is 10.0 Å². The van der Waals surface area contributed by atoms with E-state index in [2.05, 4.69) is 0 Å². The van der Waals surface area contributed by atoms with Crippen molar-refractivity contribution < 1.29 is 13.5 Å². The van der Waals surface area contributed by atoms with Gasteiger partial charge in [0.15, 0.2) is 0 Å². The number of aliphatic hydroxyl groups excluding tert-OH is 1. The Bertz CT molecular complexity index is 486. The van der Waals surface area contributed by atoms with Gasteiger partial charge in [-0.15, -0.1) is 0 Å². The van der Waals surface area contributed by atoms with Gasteiger partial charge in [-0.3, -0.25) is 0 Å². The van der Waals surface area contributed by atoms with E-state index in [-0.39, 0.29) is 11.5 Å². The Morgan fingerprint density at radius 1 is 1.17 bits per heavy atom. The van der Waals surface area contributed by atoms with Crippen LogP contribution in [0.25, 0.3) is 0 Å². The smallest absolute Gasteiger partial charge is 0.242 e. The summed E-state index contributed by atoms with van der Waals surface area (Å²) in [4.78, 5) is 2.14. The number of rotatable bonds is 6. The normalized spacial score (nSPS) is 12.3. The minimum absolute atomic E-state index is 0.162. The van der Waals surface area contributed by atoms with Crippen LogP contribution in [-0.2, 0) is 16.6 Å². The molecule has 0 saturated carbocycles. The molecule has 0 bridgehead atoms. The summed E-state index contributed by atoms with van der Waals surface area (Å²) < 4.78 is 25.8. The molecule has 0 aliphatic rings. The van der Waals surface area contributed by atoms with Crippen LogP contribution in [0.3, 0.4) is 0 Å². The fourth-order valence-electron chi connectivity index (χ4n) is 1.45. The van der Waals surface area contributed by atoms with Crippen LogP contribution in [0.15, 0.2) is 29.2 Å². The Morgan fingerprint density at radius 3 is 2.39 bits per heavy atom. The van der Waals surface area contributed by atoms with Crippen molar-refractivity contribution in [1.29, 1.82) is 0 Å². The van der Waals surface area contributed by atoms with Gasteiger partial charge in [0.05, 0.1) is 11.5 Å². The third-order valence-corrected chi connectivity index (χ3v) is 4.50. The van der Waals surface area contributed by atoms with E-state index in [1.807, 2.05) is 19.0 Å². The lowest BCUT2D eigenvalue weighted by molar-refractivity contribution is 0.281. The average molecular weight is 272 g/mol. The fraction of sp³-hybridized carbons (Fsp3) is 0.500. The molecule has 6 heteroatoms. The van der Waals surface area contributed by atoms with Gasteiger partial charge in [-0.25, -0.2) is 8.42 Å². The highest BCUT2D eigenvalue weighted by atomic mass is 32.2. The second kappa shape index (κ2) is 6.29. The van der Waals surface area contributed by atoms with Crippen molar-refractivity contribution in [2.24, 2.45) is 0 Å². The van der Waals surface area contributed by atoms with Crippen molar-refractivity contribution >= 4 is 10.0 Å². The molecule has 0 aliphatic heterocycles. The maximum absolute atomic E-state index is 12.2. The van der Waals surface area contributed by atoms with Crippen LogP contribution in [0.4, 0.5) is 0 Å². The van der Waals surface area contributed by atoms with Crippen molar-refractivity contribution in [1.82, 2.24) is 9.21 Å². The van der Waals surface area contributed by atoms with Gasteiger partial charge in [-0.1, -0.05) is 12.1 Å². The van der Waals surface area contributed by atoms with Crippen LogP contribution < -0.4 is 0 Å². The van der Waals surface area contributed by atoms with Crippen molar-refractivity contribution in [3.63, 3.8) is 0 Å². The molecule has 0 amide bonds. The second-order valence-corrected chi connectivity index (χ2v) is 6.48. The number of hydrogen-bond acceptors (Lipinski definition) is 4. The van der Waals surface area contributed by atoms with Crippen molar-refractivity contribution in [2.45, 2.75) is 11.5 Å². The third-order valence-electron chi connectivity index (χ3n) is 2.65. The van der Waals surface area contributed by atoms with Gasteiger partial charge in [0.2, 0.25) is 10.0 Å². The molecule has 1 N–H and O–H groups in total. The molecule has 102 valence electrons. The van der Waals surface area contributed by atoms with Gasteiger partial charge in [0, 0.05) is 20.1 Å². The zero-order valence-electron chi connectivity index (χ0n) is 11.0. The van der Waals surface area contributed by atoms with E-state index < -0.39 is 10.0 Å². The molecule has 0 radical (unpaired) electrons. The number of benzene rings is 1. The second-order valence-electron chi connectivity index (χ2n) is 4.44. The van der Waals surface area contributed by atoms with E-state index in [0.29, 0.717) is 18.7 Å². The van der Waals surface area contributed by atoms with Crippen LogP contribution in [0, 0.1) is 0 Å². The molecular weight excluding hydrogens is 252 g/mol. The summed E-state index contributed by atoms with van der Waals surface area (Å²) in [5.74, 6) is 0. The molecule has 18 heavy (non-hydrogen) atoms. The monoisotopic (exact) mass is 272 g/mol. The van der Waals surface area contributed by atoms with Crippen LogP contribution in [0.5, 0.6) is 0 Å². The Labute approximate surface area is 109 Å². The van der Waals surface area contributed by atoms with Crippen LogP contribution in [0.1, 0.15) is 5.56 Å². The topological polar surface area (TPSA) is 60.9 Å². The number of likely N-dealkylation sites (N-methyl/N-ethyl adjacent to an activating group) is 2.